The molecule has 11 aromatic rings. The highest BCUT2D eigenvalue weighted by Crippen LogP contribution is 2.42. The van der Waals surface area contributed by atoms with Crippen LogP contribution in [-0.2, 0) is 0 Å². The van der Waals surface area contributed by atoms with Crippen LogP contribution in [0.3, 0.4) is 0 Å². The highest BCUT2D eigenvalue weighted by molar-refractivity contribution is 6.22. The first-order valence-corrected chi connectivity index (χ1v) is 19.2. The van der Waals surface area contributed by atoms with E-state index in [-0.39, 0.29) is 0 Å². The Morgan fingerprint density at radius 1 is 0.333 bits per heavy atom. The Morgan fingerprint density at radius 2 is 0.877 bits per heavy atom. The molecular weight excluding hydrogens is 697 g/mol. The van der Waals surface area contributed by atoms with Crippen LogP contribution in [0.15, 0.2) is 215 Å². The summed E-state index contributed by atoms with van der Waals surface area (Å²) in [7, 11) is 0. The summed E-state index contributed by atoms with van der Waals surface area (Å²) >= 11 is 0. The van der Waals surface area contributed by atoms with Gasteiger partial charge in [-0.25, -0.2) is 4.98 Å². The van der Waals surface area contributed by atoms with Gasteiger partial charge < -0.3 is 13.7 Å². The van der Waals surface area contributed by atoms with Crippen molar-refractivity contribution in [1.82, 2.24) is 4.98 Å². The van der Waals surface area contributed by atoms with E-state index in [2.05, 4.69) is 192 Å². The zero-order valence-corrected chi connectivity index (χ0v) is 30.8. The fourth-order valence-electron chi connectivity index (χ4n) is 8.11. The maximum Gasteiger partial charge on any atom is 0.227 e. The van der Waals surface area contributed by atoms with Crippen molar-refractivity contribution in [2.45, 2.75) is 0 Å². The minimum Gasteiger partial charge on any atom is -0.456 e. The van der Waals surface area contributed by atoms with Crippen LogP contribution in [0.2, 0.25) is 0 Å². The third-order valence-electron chi connectivity index (χ3n) is 10.9. The minimum absolute atomic E-state index is 0.621. The van der Waals surface area contributed by atoms with Crippen molar-refractivity contribution in [3.8, 4) is 44.8 Å². The van der Waals surface area contributed by atoms with Gasteiger partial charge in [-0.1, -0.05) is 127 Å². The summed E-state index contributed by atoms with van der Waals surface area (Å²) in [6.07, 6.45) is 0. The average molecular weight is 731 g/mol. The van der Waals surface area contributed by atoms with Crippen molar-refractivity contribution in [2.75, 3.05) is 4.90 Å². The van der Waals surface area contributed by atoms with Crippen LogP contribution in [-0.4, -0.2) is 4.98 Å². The zero-order valence-electron chi connectivity index (χ0n) is 30.8. The van der Waals surface area contributed by atoms with Gasteiger partial charge in [-0.15, -0.1) is 0 Å². The smallest absolute Gasteiger partial charge is 0.227 e. The SMILES string of the molecule is c1ccc(-c2ccc(N(c3ccccc3)c3ccc(-c4cc5oc6cc(-c7ccc(-c8nc9ccccc9o8)cc7)ccc6c5c5ccccc45)cc3)cc2)cc1. The van der Waals surface area contributed by atoms with Crippen molar-refractivity contribution >= 4 is 60.9 Å². The van der Waals surface area contributed by atoms with Gasteiger partial charge in [-0.2, -0.15) is 0 Å². The molecular formula is C53H34N2O2. The molecule has 0 bridgehead atoms. The lowest BCUT2D eigenvalue weighted by atomic mass is 9.94. The number of rotatable bonds is 7. The molecule has 0 aliphatic rings. The number of anilines is 3. The first-order valence-electron chi connectivity index (χ1n) is 19.2. The molecule has 57 heavy (non-hydrogen) atoms. The maximum atomic E-state index is 6.70. The molecule has 2 aromatic heterocycles. The molecule has 0 aliphatic heterocycles. The number of nitrogens with zero attached hydrogens (tertiary/aromatic N) is 2. The summed E-state index contributed by atoms with van der Waals surface area (Å²) in [6, 6.07) is 72.3. The van der Waals surface area contributed by atoms with Crippen molar-refractivity contribution in [3.05, 3.63) is 206 Å². The molecule has 0 N–H and O–H groups in total. The van der Waals surface area contributed by atoms with Gasteiger partial charge in [0.05, 0.1) is 0 Å². The van der Waals surface area contributed by atoms with Crippen LogP contribution >= 0.6 is 0 Å². The summed E-state index contributed by atoms with van der Waals surface area (Å²) in [5.74, 6) is 0.621. The summed E-state index contributed by atoms with van der Waals surface area (Å²) < 4.78 is 12.7. The number of furan rings is 1. The third kappa shape index (κ3) is 5.83. The summed E-state index contributed by atoms with van der Waals surface area (Å²) in [5, 5.41) is 4.60. The largest absolute Gasteiger partial charge is 0.456 e. The van der Waals surface area contributed by atoms with Crippen LogP contribution in [0.4, 0.5) is 17.1 Å². The monoisotopic (exact) mass is 730 g/mol. The predicted octanol–water partition coefficient (Wildman–Crippen LogP) is 15.0. The number of hydrogen-bond acceptors (Lipinski definition) is 4. The Hall–Kier alpha value is -7.69. The minimum atomic E-state index is 0.621. The van der Waals surface area contributed by atoms with E-state index < -0.39 is 0 Å². The molecule has 0 spiro atoms. The molecule has 11 rings (SSSR count). The van der Waals surface area contributed by atoms with E-state index in [0.717, 1.165) is 77.9 Å². The van der Waals surface area contributed by atoms with Crippen LogP contribution < -0.4 is 4.90 Å². The number of hydrogen-bond donors (Lipinski definition) is 0. The number of fused-ring (bicyclic) bond motifs is 6. The van der Waals surface area contributed by atoms with Crippen molar-refractivity contribution in [2.24, 2.45) is 0 Å². The molecule has 0 aliphatic carbocycles. The average Bonchev–Trinajstić information content (AvgIpc) is 3.89. The standard InChI is InChI=1S/C53H34N2O2/c1-3-11-35(12-4-1)36-23-28-42(29-24-36)55(41-13-5-2-6-14-41)43-30-25-38(26-31-43)47-34-51-52(45-16-8-7-15-44(45)47)46-32-27-40(33-50(46)56-51)37-19-21-39(22-20-37)53-54-48-17-9-10-18-49(48)57-53/h1-34H. The van der Waals surface area contributed by atoms with Crippen molar-refractivity contribution < 1.29 is 8.83 Å². The first kappa shape index (κ1) is 32.7. The molecule has 0 saturated heterocycles. The van der Waals surface area contributed by atoms with E-state index >= 15 is 0 Å². The van der Waals surface area contributed by atoms with Gasteiger partial charge in [0.15, 0.2) is 5.58 Å². The molecule has 2 heterocycles. The van der Waals surface area contributed by atoms with Crippen LogP contribution in [0, 0.1) is 0 Å². The first-order chi connectivity index (χ1) is 28.2. The molecule has 4 nitrogen and oxygen atoms in total. The van der Waals surface area contributed by atoms with Crippen molar-refractivity contribution in [3.63, 3.8) is 0 Å². The second-order valence-corrected chi connectivity index (χ2v) is 14.4. The van der Waals surface area contributed by atoms with Gasteiger partial charge in [-0.05, 0) is 123 Å². The zero-order chi connectivity index (χ0) is 37.7. The van der Waals surface area contributed by atoms with E-state index in [0.29, 0.717) is 5.89 Å². The number of benzene rings is 9. The Morgan fingerprint density at radius 3 is 1.61 bits per heavy atom. The van der Waals surface area contributed by atoms with Gasteiger partial charge in [0.25, 0.3) is 0 Å². The number of aromatic nitrogens is 1. The van der Waals surface area contributed by atoms with Gasteiger partial charge in [-0.3, -0.25) is 0 Å². The molecule has 0 atom stereocenters. The van der Waals surface area contributed by atoms with Crippen molar-refractivity contribution in [1.29, 1.82) is 0 Å². The van der Waals surface area contributed by atoms with Gasteiger partial charge in [0.2, 0.25) is 5.89 Å². The highest BCUT2D eigenvalue weighted by atomic mass is 16.3. The summed E-state index contributed by atoms with van der Waals surface area (Å²) in [5.41, 5.74) is 14.5. The summed E-state index contributed by atoms with van der Waals surface area (Å²) in [6.45, 7) is 0. The quantitative estimate of drug-likeness (QED) is 0.164. The van der Waals surface area contributed by atoms with E-state index in [1.807, 2.05) is 24.3 Å². The molecule has 4 heteroatoms. The lowest BCUT2D eigenvalue weighted by molar-refractivity contribution is 0.620. The van der Waals surface area contributed by atoms with Gasteiger partial charge in [0, 0.05) is 33.4 Å². The molecule has 0 saturated carbocycles. The van der Waals surface area contributed by atoms with E-state index in [1.54, 1.807) is 0 Å². The third-order valence-corrected chi connectivity index (χ3v) is 10.9. The van der Waals surface area contributed by atoms with Gasteiger partial charge >= 0.3 is 0 Å². The molecule has 0 radical (unpaired) electrons. The van der Waals surface area contributed by atoms with E-state index in [1.165, 1.54) is 21.9 Å². The molecule has 268 valence electrons. The Balaban J connectivity index is 0.947. The van der Waals surface area contributed by atoms with Crippen LogP contribution in [0.1, 0.15) is 0 Å². The Labute approximate surface area is 329 Å². The summed E-state index contributed by atoms with van der Waals surface area (Å²) in [4.78, 5) is 6.97. The highest BCUT2D eigenvalue weighted by Gasteiger charge is 2.18. The molecule has 9 aromatic carbocycles. The van der Waals surface area contributed by atoms with Crippen LogP contribution in [0.5, 0.6) is 0 Å². The Bertz CT molecular complexity index is 3170. The fraction of sp³-hybridized carbons (Fsp3) is 0. The van der Waals surface area contributed by atoms with Gasteiger partial charge in [0.1, 0.15) is 16.7 Å². The maximum absolute atomic E-state index is 6.70. The molecule has 0 fully saturated rings. The second-order valence-electron chi connectivity index (χ2n) is 14.4. The molecule has 0 unspecified atom stereocenters. The molecule has 0 amide bonds. The Kier molecular flexibility index (Phi) is 7.78. The topological polar surface area (TPSA) is 42.4 Å². The van der Waals surface area contributed by atoms with Crippen LogP contribution in [0.25, 0.3) is 88.6 Å². The second kappa shape index (κ2) is 13.6. The predicted molar refractivity (Wildman–Crippen MR) is 235 cm³/mol. The number of para-hydroxylation sites is 3. The van der Waals surface area contributed by atoms with E-state index in [4.69, 9.17) is 8.83 Å². The normalized spacial score (nSPS) is 11.5. The lowest BCUT2D eigenvalue weighted by Gasteiger charge is -2.26. The lowest BCUT2D eigenvalue weighted by Crippen LogP contribution is -2.09. The fourth-order valence-corrected chi connectivity index (χ4v) is 8.11. The van der Waals surface area contributed by atoms with E-state index in [9.17, 15) is 0 Å². The number of oxazole rings is 1.